The molecule has 0 aliphatic rings. The molecular formula is C77H90Cl4N9O33+. The zero-order valence-corrected chi connectivity index (χ0v) is 71.3. The monoisotopic (exact) mass is 1810 g/mol. The number of hydrogen-bond acceptors (Lipinski definition) is 36. The number of nitrogens with two attached hydrogens (primary N) is 1. The highest BCUT2D eigenvalue weighted by Crippen LogP contribution is 2.34. The average Bonchev–Trinajstić information content (AvgIpc) is 0.801. The van der Waals surface area contributed by atoms with Gasteiger partial charge in [0.15, 0.2) is 31.8 Å². The lowest BCUT2D eigenvalue weighted by Gasteiger charge is -2.22. The summed E-state index contributed by atoms with van der Waals surface area (Å²) in [4.78, 5) is 142. The number of benzene rings is 6. The van der Waals surface area contributed by atoms with Gasteiger partial charge in [-0.05, 0) is 78.9 Å². The maximum absolute atomic E-state index is 12.8. The Labute approximate surface area is 724 Å². The molecule has 3 amide bonds. The third-order valence-electron chi connectivity index (χ3n) is 15.1. The van der Waals surface area contributed by atoms with Crippen molar-refractivity contribution >= 4 is 147 Å². The molecule has 0 bridgehead atoms. The Morgan fingerprint density at radius 3 is 1.24 bits per heavy atom. The Kier molecular flexibility index (Phi) is 52.8. The summed E-state index contributed by atoms with van der Waals surface area (Å²) in [6.45, 7) is 1.54. The second-order valence-electron chi connectivity index (χ2n) is 22.3. The van der Waals surface area contributed by atoms with Crippen molar-refractivity contribution < 1.29 is 147 Å². The predicted molar refractivity (Wildman–Crippen MR) is 442 cm³/mol. The smallest absolute Gasteiger partial charge is 0.497 e. The van der Waals surface area contributed by atoms with Crippen LogP contribution >= 0.6 is 47.2 Å². The van der Waals surface area contributed by atoms with E-state index in [4.69, 9.17) is 90.5 Å². The van der Waals surface area contributed by atoms with Gasteiger partial charge in [0.2, 0.25) is 13.6 Å². The Morgan fingerprint density at radius 2 is 0.886 bits per heavy atom. The number of ether oxygens (including phenoxy) is 18. The van der Waals surface area contributed by atoms with Crippen LogP contribution in [0.25, 0.3) is 21.8 Å². The number of amides is 3. The zero-order chi connectivity index (χ0) is 91.1. The molecule has 2 heterocycles. The Hall–Kier alpha value is -13.8. The standard InChI is InChI=1S/C23H23N3O9.C14H18ClNO6.C14H13N3O7.C12H17NO4.C9H10O3.C3H6NO2.C2H2Cl2O2.ClH/c1-31-16-7-6-15(20(11-16)32-2)12-25(13-21(27)33-3)23(28)35-14-34-19-9-8-18(26(29)30)17-5-4-10-24-22(17)19;1-19-11-5-4-10(12(6-11)20-2)7-16(8-13(17)21-3)14(18)22-9-15;1-22-12(18)7-16-14(19)24-8-23-11-5-4-10(17(20)21)9-3-2-6-15-13(9)11;1-15-10-5-4-9(11(6-10)16-2)7-13-8-12(14)17-3;1-11-8-4-3-7(6-10)9(5-8)12-2;1-6-3(5)2-4;3-1-6-2(4)5;/h4-11H,12-14H2,1-3H3;4-6H,7-9H2,1-3H3;2-6H,7-8H2,1H3,(H,16,19);4-6,13H,7-8H2,1-3H3;3-6H,1-2H3;1-2,4H2;1H2;1H/q;;;;;+1;;. The number of esters is 4. The molecule has 46 heteroatoms. The summed E-state index contributed by atoms with van der Waals surface area (Å²) in [6, 6.07) is 31.8. The molecule has 668 valence electrons. The highest BCUT2D eigenvalue weighted by molar-refractivity contribution is 6.61. The molecule has 0 aliphatic carbocycles. The number of nitro groups is 2. The van der Waals surface area contributed by atoms with Gasteiger partial charge in [-0.25, -0.2) is 19.2 Å². The van der Waals surface area contributed by atoms with Gasteiger partial charge in [-0.3, -0.25) is 68.4 Å². The number of pyridine rings is 2. The van der Waals surface area contributed by atoms with Crippen molar-refractivity contribution in [3.8, 4) is 57.5 Å². The largest absolute Gasteiger partial charge is 0.592 e. The summed E-state index contributed by atoms with van der Waals surface area (Å²) in [6.07, 6.45) is 1.22. The van der Waals surface area contributed by atoms with Crippen molar-refractivity contribution in [3.05, 3.63) is 176 Å². The molecular weight excluding hydrogens is 1720 g/mol. The number of methoxy groups -OCH3 is 12. The SMILES string of the molecule is C=[O+]C(=O)CN.COC(=O)CN(Cc1ccc(OC)cc1OC)C(=O)OCCl.COC(=O)CN(Cc1ccc(OC)cc1OC)C(=O)OCOc1ccc([N+](=O)[O-])c2cccnc12.COC(=O)CNC(=O)OCOc1ccc([N+](=O)[O-])c2cccnc12.COC(=O)CNCc1ccc(OC)cc1OC.COc1ccc(C=O)c(OC)c1.Cl.O=C(Cl)OCCl. The number of rotatable bonds is 34. The van der Waals surface area contributed by atoms with Gasteiger partial charge in [-0.2, -0.15) is 0 Å². The molecule has 42 nitrogen and oxygen atoms in total. The lowest BCUT2D eigenvalue weighted by atomic mass is 10.1. The molecule has 6 aromatic carbocycles. The fourth-order valence-corrected chi connectivity index (χ4v) is 9.48. The van der Waals surface area contributed by atoms with Crippen LogP contribution in [0, 0.1) is 20.2 Å². The summed E-state index contributed by atoms with van der Waals surface area (Å²) >= 11 is 14.9. The van der Waals surface area contributed by atoms with Crippen LogP contribution in [-0.2, 0) is 85.9 Å². The third kappa shape index (κ3) is 38.9. The topological polar surface area (TPSA) is 517 Å². The number of nitrogens with zero attached hydrogens (tertiary/aromatic N) is 6. The summed E-state index contributed by atoms with van der Waals surface area (Å²) in [5.74, 6) is 2.59. The number of carbonyl (C=O) groups excluding carboxylic acids is 11. The lowest BCUT2D eigenvalue weighted by Crippen LogP contribution is -2.36. The van der Waals surface area contributed by atoms with E-state index in [0.717, 1.165) is 28.2 Å². The third-order valence-corrected chi connectivity index (χ3v) is 15.4. The molecule has 0 saturated carbocycles. The van der Waals surface area contributed by atoms with E-state index in [2.05, 4.69) is 67.1 Å². The van der Waals surface area contributed by atoms with Gasteiger partial charge in [-0.15, -0.1) is 12.4 Å². The molecule has 0 spiro atoms. The van der Waals surface area contributed by atoms with Crippen molar-refractivity contribution in [3.63, 3.8) is 0 Å². The van der Waals surface area contributed by atoms with E-state index < -0.39 is 71.0 Å². The minimum atomic E-state index is -0.875. The molecule has 0 aliphatic heterocycles. The molecule has 0 radical (unpaired) electrons. The lowest BCUT2D eigenvalue weighted by molar-refractivity contribution is -0.383. The van der Waals surface area contributed by atoms with Crippen LogP contribution in [-0.4, -0.2) is 240 Å². The fourth-order valence-electron chi connectivity index (χ4n) is 9.18. The Bertz CT molecular complexity index is 4770. The molecule has 2 aromatic heterocycles. The number of non-ortho nitro benzene ring substituents is 2. The highest BCUT2D eigenvalue weighted by atomic mass is 35.5. The molecule has 8 aromatic rings. The normalized spacial score (nSPS) is 9.66. The molecule has 4 N–H and O–H groups in total. The summed E-state index contributed by atoms with van der Waals surface area (Å²) in [5, 5.41) is 28.0. The van der Waals surface area contributed by atoms with Crippen molar-refractivity contribution in [1.29, 1.82) is 0 Å². The van der Waals surface area contributed by atoms with Crippen molar-refractivity contribution in [2.24, 2.45) is 5.73 Å². The summed E-state index contributed by atoms with van der Waals surface area (Å²) in [5.41, 5.74) is 6.93. The number of aromatic nitrogens is 2. The van der Waals surface area contributed by atoms with E-state index in [9.17, 15) is 68.2 Å². The van der Waals surface area contributed by atoms with Gasteiger partial charge < -0.3 is 102 Å². The maximum Gasteiger partial charge on any atom is 0.592 e. The zero-order valence-electron chi connectivity index (χ0n) is 68.2. The number of alkyl carbamates (subject to hydrolysis) is 1. The van der Waals surface area contributed by atoms with Gasteiger partial charge in [0.05, 0.1) is 136 Å². The summed E-state index contributed by atoms with van der Waals surface area (Å²) in [7, 11) is 17.3. The average molecular weight is 1810 g/mol. The van der Waals surface area contributed by atoms with E-state index in [-0.39, 0.29) is 116 Å². The van der Waals surface area contributed by atoms with E-state index in [1.165, 1.54) is 112 Å². The first-order valence-corrected chi connectivity index (χ1v) is 35.9. The number of nitrogens with one attached hydrogen (secondary N) is 2. The van der Waals surface area contributed by atoms with Crippen LogP contribution < -0.4 is 63.7 Å². The van der Waals surface area contributed by atoms with Crippen molar-refractivity contribution in [2.75, 3.05) is 144 Å². The quantitative estimate of drug-likeness (QED) is 0.00388. The number of aldehydes is 1. The van der Waals surface area contributed by atoms with E-state index >= 15 is 0 Å². The fraction of sp³-hybridized carbons (Fsp3) is 0.312. The molecule has 0 saturated heterocycles. The van der Waals surface area contributed by atoms with Crippen LogP contribution in [0.3, 0.4) is 0 Å². The Balaban J connectivity index is 0.000000766. The van der Waals surface area contributed by atoms with Crippen molar-refractivity contribution in [1.82, 2.24) is 30.4 Å². The number of carbonyl (C=O) groups is 10. The maximum atomic E-state index is 12.8. The van der Waals surface area contributed by atoms with Crippen LogP contribution in [0.5, 0.6) is 57.5 Å². The first-order chi connectivity index (χ1) is 58.5. The number of halogens is 4. The minimum Gasteiger partial charge on any atom is -0.497 e. The van der Waals surface area contributed by atoms with Gasteiger partial charge in [0.1, 0.15) is 88.2 Å². The van der Waals surface area contributed by atoms with Gasteiger partial charge in [0, 0.05) is 83.6 Å². The van der Waals surface area contributed by atoms with E-state index in [1.807, 2.05) is 12.1 Å². The number of fused-ring (bicyclic) bond motifs is 2. The second-order valence-corrected chi connectivity index (χ2v) is 23.1. The van der Waals surface area contributed by atoms with Crippen molar-refractivity contribution in [2.45, 2.75) is 19.6 Å². The first-order valence-electron chi connectivity index (χ1n) is 34.5. The number of hydrogen-bond donors (Lipinski definition) is 3. The molecule has 8 rings (SSSR count). The molecule has 0 fully saturated rings. The van der Waals surface area contributed by atoms with Crippen LogP contribution in [0.1, 0.15) is 27.0 Å². The number of alkyl halides is 2. The minimum absolute atomic E-state index is 0. The van der Waals surface area contributed by atoms with Crippen LogP contribution in [0.2, 0.25) is 0 Å². The van der Waals surface area contributed by atoms with Gasteiger partial charge >= 0.3 is 53.6 Å². The summed E-state index contributed by atoms with van der Waals surface area (Å²) < 4.78 is 92.5. The number of nitro benzene ring substituents is 2. The molecule has 123 heavy (non-hydrogen) atoms. The van der Waals surface area contributed by atoms with Gasteiger partial charge in [-0.1, -0.05) is 29.3 Å². The molecule has 0 unspecified atom stereocenters. The second kappa shape index (κ2) is 60.6. The molecule has 0 atom stereocenters. The van der Waals surface area contributed by atoms with Crippen LogP contribution in [0.15, 0.2) is 134 Å². The Morgan fingerprint density at radius 1 is 0.496 bits per heavy atom. The van der Waals surface area contributed by atoms with Gasteiger partial charge in [0.25, 0.3) is 11.4 Å². The highest BCUT2D eigenvalue weighted by Gasteiger charge is 2.25. The first kappa shape index (κ1) is 107. The predicted octanol–water partition coefficient (Wildman–Crippen LogP) is 10.00. The van der Waals surface area contributed by atoms with E-state index in [1.54, 1.807) is 100 Å². The van der Waals surface area contributed by atoms with E-state index in [0.29, 0.717) is 63.1 Å². The van der Waals surface area contributed by atoms with Crippen LogP contribution in [0.4, 0.5) is 30.6 Å².